The van der Waals surface area contributed by atoms with E-state index in [-0.39, 0.29) is 0 Å². The van der Waals surface area contributed by atoms with Gasteiger partial charge in [0.05, 0.1) is 6.10 Å². The maximum atomic E-state index is 6.00. The van der Waals surface area contributed by atoms with Gasteiger partial charge >= 0.3 is 0 Å². The van der Waals surface area contributed by atoms with Crippen LogP contribution in [0.3, 0.4) is 0 Å². The van der Waals surface area contributed by atoms with Crippen molar-refractivity contribution in [2.24, 2.45) is 11.3 Å². The topological polar surface area (TPSA) is 21.3 Å². The Morgan fingerprint density at radius 2 is 1.79 bits per heavy atom. The van der Waals surface area contributed by atoms with E-state index in [1.165, 1.54) is 44.9 Å². The van der Waals surface area contributed by atoms with Gasteiger partial charge in [-0.2, -0.15) is 0 Å². The van der Waals surface area contributed by atoms with Crippen LogP contribution in [0.4, 0.5) is 0 Å². The Hall–Kier alpha value is -0.0800. The molecule has 3 atom stereocenters. The minimum Gasteiger partial charge on any atom is -0.378 e. The molecule has 2 aliphatic rings. The Bertz CT molecular complexity index is 268. The van der Waals surface area contributed by atoms with Crippen molar-refractivity contribution in [2.75, 3.05) is 6.61 Å². The number of nitrogens with one attached hydrogen (secondary N) is 1. The molecule has 2 fully saturated rings. The number of ether oxygens (including phenoxy) is 1. The highest BCUT2D eigenvalue weighted by atomic mass is 16.5. The second-order valence-corrected chi connectivity index (χ2v) is 6.70. The zero-order valence-corrected chi connectivity index (χ0v) is 13.4. The zero-order valence-electron chi connectivity index (χ0n) is 13.4. The van der Waals surface area contributed by atoms with Crippen LogP contribution in [0.5, 0.6) is 0 Å². The fraction of sp³-hybridized carbons (Fsp3) is 1.00. The van der Waals surface area contributed by atoms with E-state index in [1.807, 2.05) is 0 Å². The van der Waals surface area contributed by atoms with Gasteiger partial charge in [-0.15, -0.1) is 0 Å². The first-order chi connectivity index (χ1) is 9.17. The lowest BCUT2D eigenvalue weighted by atomic mass is 9.60. The molecule has 2 heteroatoms. The van der Waals surface area contributed by atoms with E-state index in [2.05, 4.69) is 33.0 Å². The van der Waals surface area contributed by atoms with Gasteiger partial charge in [0.15, 0.2) is 0 Å². The molecule has 1 N–H and O–H groups in total. The third-order valence-corrected chi connectivity index (χ3v) is 5.91. The lowest BCUT2D eigenvalue weighted by Crippen LogP contribution is -2.64. The third-order valence-electron chi connectivity index (χ3n) is 5.91. The van der Waals surface area contributed by atoms with Gasteiger partial charge in [0.1, 0.15) is 0 Å². The van der Waals surface area contributed by atoms with E-state index in [9.17, 15) is 0 Å². The minimum atomic E-state index is 0.482. The molecule has 0 heterocycles. The van der Waals surface area contributed by atoms with Crippen LogP contribution in [0.2, 0.25) is 0 Å². The molecule has 112 valence electrons. The van der Waals surface area contributed by atoms with E-state index >= 15 is 0 Å². The van der Waals surface area contributed by atoms with E-state index in [1.54, 1.807) is 0 Å². The average molecular weight is 267 g/mol. The van der Waals surface area contributed by atoms with Crippen molar-refractivity contribution in [3.8, 4) is 0 Å². The van der Waals surface area contributed by atoms with Crippen molar-refractivity contribution in [3.05, 3.63) is 0 Å². The summed E-state index contributed by atoms with van der Waals surface area (Å²) in [6.45, 7) is 10.0. The van der Waals surface area contributed by atoms with E-state index < -0.39 is 0 Å². The summed E-state index contributed by atoms with van der Waals surface area (Å²) in [6, 6.07) is 1.36. The fourth-order valence-electron chi connectivity index (χ4n) is 4.57. The van der Waals surface area contributed by atoms with Crippen LogP contribution in [0.25, 0.3) is 0 Å². The van der Waals surface area contributed by atoms with Gasteiger partial charge in [0.2, 0.25) is 0 Å². The summed E-state index contributed by atoms with van der Waals surface area (Å²) >= 11 is 0. The molecule has 1 spiro atoms. The van der Waals surface area contributed by atoms with Crippen molar-refractivity contribution in [1.29, 1.82) is 0 Å². The van der Waals surface area contributed by atoms with Crippen LogP contribution in [0.1, 0.15) is 72.6 Å². The van der Waals surface area contributed by atoms with Gasteiger partial charge in [-0.1, -0.05) is 39.5 Å². The standard InChI is InChI=1S/C17H33NO/c1-5-14(6-2)13(4)18-15-12-16(19-7-3)17(15)10-8-9-11-17/h13-16,18H,5-12H2,1-4H3. The van der Waals surface area contributed by atoms with Gasteiger partial charge in [0.25, 0.3) is 0 Å². The smallest absolute Gasteiger partial charge is 0.0661 e. The normalized spacial score (nSPS) is 30.8. The summed E-state index contributed by atoms with van der Waals surface area (Å²) < 4.78 is 6.00. The predicted octanol–water partition coefficient (Wildman–Crippen LogP) is 4.14. The fourth-order valence-corrected chi connectivity index (χ4v) is 4.57. The largest absolute Gasteiger partial charge is 0.378 e. The Morgan fingerprint density at radius 1 is 1.16 bits per heavy atom. The average Bonchev–Trinajstić information content (AvgIpc) is 2.91. The predicted molar refractivity (Wildman–Crippen MR) is 81.4 cm³/mol. The first-order valence-electron chi connectivity index (χ1n) is 8.55. The summed E-state index contributed by atoms with van der Waals surface area (Å²) in [5, 5.41) is 3.96. The number of rotatable bonds is 7. The molecule has 2 aliphatic carbocycles. The molecule has 0 aromatic carbocycles. The van der Waals surface area contributed by atoms with Gasteiger partial charge in [-0.3, -0.25) is 0 Å². The highest BCUT2D eigenvalue weighted by Crippen LogP contribution is 2.55. The van der Waals surface area contributed by atoms with E-state index in [0.717, 1.165) is 12.5 Å². The first-order valence-corrected chi connectivity index (χ1v) is 8.55. The van der Waals surface area contributed by atoms with Crippen molar-refractivity contribution < 1.29 is 4.74 Å². The van der Waals surface area contributed by atoms with Crippen LogP contribution >= 0.6 is 0 Å². The highest BCUT2D eigenvalue weighted by Gasteiger charge is 2.56. The maximum absolute atomic E-state index is 6.00. The summed E-state index contributed by atoms with van der Waals surface area (Å²) in [5.74, 6) is 0.824. The summed E-state index contributed by atoms with van der Waals surface area (Å²) in [5.41, 5.74) is 0.482. The van der Waals surface area contributed by atoms with Crippen molar-refractivity contribution in [2.45, 2.75) is 90.8 Å². The van der Waals surface area contributed by atoms with Crippen LogP contribution in [-0.2, 0) is 4.74 Å². The van der Waals surface area contributed by atoms with Crippen molar-refractivity contribution in [1.82, 2.24) is 5.32 Å². The Labute approximate surface area is 119 Å². The second kappa shape index (κ2) is 6.58. The molecule has 3 unspecified atom stereocenters. The molecule has 19 heavy (non-hydrogen) atoms. The minimum absolute atomic E-state index is 0.482. The first kappa shape index (κ1) is 15.3. The Kier molecular flexibility index (Phi) is 5.30. The third kappa shape index (κ3) is 2.85. The van der Waals surface area contributed by atoms with Crippen LogP contribution < -0.4 is 5.32 Å². The monoisotopic (exact) mass is 267 g/mol. The molecule has 2 rings (SSSR count). The molecular formula is C17H33NO. The maximum Gasteiger partial charge on any atom is 0.0661 e. The lowest BCUT2D eigenvalue weighted by Gasteiger charge is -2.55. The second-order valence-electron chi connectivity index (χ2n) is 6.70. The summed E-state index contributed by atoms with van der Waals surface area (Å²) in [7, 11) is 0. The van der Waals surface area contributed by atoms with E-state index in [4.69, 9.17) is 4.74 Å². The number of hydrogen-bond donors (Lipinski definition) is 1. The van der Waals surface area contributed by atoms with Gasteiger partial charge in [0, 0.05) is 24.1 Å². The molecular weight excluding hydrogens is 234 g/mol. The van der Waals surface area contributed by atoms with Gasteiger partial charge < -0.3 is 10.1 Å². The molecule has 0 aromatic rings. The van der Waals surface area contributed by atoms with Crippen LogP contribution in [0.15, 0.2) is 0 Å². The molecule has 0 radical (unpaired) electrons. The zero-order chi connectivity index (χ0) is 13.9. The molecule has 0 bridgehead atoms. The molecule has 0 aliphatic heterocycles. The van der Waals surface area contributed by atoms with Crippen molar-refractivity contribution in [3.63, 3.8) is 0 Å². The molecule has 2 nitrogen and oxygen atoms in total. The van der Waals surface area contributed by atoms with Gasteiger partial charge in [-0.25, -0.2) is 0 Å². The summed E-state index contributed by atoms with van der Waals surface area (Å²) in [4.78, 5) is 0. The van der Waals surface area contributed by atoms with Crippen LogP contribution in [0, 0.1) is 11.3 Å². The SMILES string of the molecule is CCOC1CC(NC(C)C(CC)CC)C12CCCC2. The molecule has 0 saturated heterocycles. The van der Waals surface area contributed by atoms with E-state index in [0.29, 0.717) is 23.6 Å². The Balaban J connectivity index is 1.94. The molecule has 0 amide bonds. The van der Waals surface area contributed by atoms with Crippen molar-refractivity contribution >= 4 is 0 Å². The van der Waals surface area contributed by atoms with Gasteiger partial charge in [-0.05, 0) is 39.0 Å². The van der Waals surface area contributed by atoms with Crippen LogP contribution in [-0.4, -0.2) is 24.8 Å². The highest BCUT2D eigenvalue weighted by molar-refractivity contribution is 5.10. The Morgan fingerprint density at radius 3 is 2.32 bits per heavy atom. The quantitative estimate of drug-likeness (QED) is 0.748. The number of hydrogen-bond acceptors (Lipinski definition) is 2. The summed E-state index contributed by atoms with van der Waals surface area (Å²) in [6.07, 6.45) is 9.92. The molecule has 0 aromatic heterocycles. The molecule has 2 saturated carbocycles. The lowest BCUT2D eigenvalue weighted by molar-refractivity contribution is -0.133.